The number of fused-ring (bicyclic) bond motifs is 1. The van der Waals surface area contributed by atoms with Gasteiger partial charge in [0, 0.05) is 13.8 Å². The van der Waals surface area contributed by atoms with Crippen LogP contribution in [0, 0.1) is 0 Å². The Morgan fingerprint density at radius 1 is 1.05 bits per heavy atom. The number of hydroxylamine groups is 2. The van der Waals surface area contributed by atoms with Crippen molar-refractivity contribution in [2.75, 3.05) is 0 Å². The molecule has 20 heavy (non-hydrogen) atoms. The van der Waals surface area contributed by atoms with Gasteiger partial charge in [-0.2, -0.15) is 0 Å². The normalized spacial score (nSPS) is 10.3. The fraction of sp³-hybridized carbons (Fsp3) is 0.200. The number of benzene rings is 2. The molecule has 0 saturated heterocycles. The summed E-state index contributed by atoms with van der Waals surface area (Å²) in [5.41, 5.74) is 0.877. The number of rotatable bonds is 3. The monoisotopic (exact) mass is 273 g/mol. The van der Waals surface area contributed by atoms with Gasteiger partial charge in [0.2, 0.25) is 0 Å². The van der Waals surface area contributed by atoms with Gasteiger partial charge in [0.05, 0.1) is 0 Å². The molecule has 0 unspecified atom stereocenters. The Bertz CT molecular complexity index is 639. The third-order valence-electron chi connectivity index (χ3n) is 2.63. The van der Waals surface area contributed by atoms with Crippen LogP contribution in [-0.4, -0.2) is 17.1 Å². The van der Waals surface area contributed by atoms with E-state index < -0.39 is 11.9 Å². The van der Waals surface area contributed by atoms with Crippen LogP contribution < -0.4 is 0 Å². The zero-order chi connectivity index (χ0) is 14.5. The van der Waals surface area contributed by atoms with Gasteiger partial charge in [-0.25, -0.2) is 9.63 Å². The zero-order valence-corrected chi connectivity index (χ0v) is 11.3. The Morgan fingerprint density at radius 3 is 2.40 bits per heavy atom. The van der Waals surface area contributed by atoms with Crippen LogP contribution in [0.1, 0.15) is 19.4 Å². The second-order valence-electron chi connectivity index (χ2n) is 4.31. The van der Waals surface area contributed by atoms with Crippen molar-refractivity contribution in [3.05, 3.63) is 48.0 Å². The van der Waals surface area contributed by atoms with Crippen LogP contribution in [-0.2, 0) is 25.9 Å². The van der Waals surface area contributed by atoms with Crippen LogP contribution in [0.4, 0.5) is 0 Å². The van der Waals surface area contributed by atoms with Crippen molar-refractivity contribution in [2.24, 2.45) is 0 Å². The van der Waals surface area contributed by atoms with E-state index in [0.29, 0.717) is 5.23 Å². The molecule has 0 saturated carbocycles. The predicted molar refractivity (Wildman–Crippen MR) is 73.0 cm³/mol. The molecular weight excluding hydrogens is 258 g/mol. The highest BCUT2D eigenvalue weighted by Crippen LogP contribution is 2.16. The molecule has 0 fully saturated rings. The third-order valence-corrected chi connectivity index (χ3v) is 2.63. The fourth-order valence-electron chi connectivity index (χ4n) is 1.76. The van der Waals surface area contributed by atoms with E-state index in [1.54, 1.807) is 0 Å². The highest BCUT2D eigenvalue weighted by atomic mass is 17.0. The predicted octanol–water partition coefficient (Wildman–Crippen LogP) is 2.60. The average molecular weight is 273 g/mol. The van der Waals surface area contributed by atoms with E-state index in [-0.39, 0.29) is 6.61 Å². The summed E-state index contributed by atoms with van der Waals surface area (Å²) in [5.74, 6) is -1.11. The minimum absolute atomic E-state index is 0.137. The first-order chi connectivity index (χ1) is 9.56. The lowest BCUT2D eigenvalue weighted by atomic mass is 10.1. The molecule has 0 aromatic heterocycles. The molecule has 0 radical (unpaired) electrons. The van der Waals surface area contributed by atoms with Gasteiger partial charge >= 0.3 is 5.97 Å². The smallest absolute Gasteiger partial charge is 0.312 e. The molecule has 0 heterocycles. The molecule has 5 heteroatoms. The minimum atomic E-state index is -0.612. The van der Waals surface area contributed by atoms with Crippen molar-refractivity contribution in [3.8, 4) is 0 Å². The van der Waals surface area contributed by atoms with Gasteiger partial charge in [-0.15, -0.1) is 0 Å². The van der Waals surface area contributed by atoms with Crippen molar-refractivity contribution in [1.82, 2.24) is 5.23 Å². The van der Waals surface area contributed by atoms with Crippen LogP contribution in [0.5, 0.6) is 0 Å². The Hall–Kier alpha value is -2.40. The lowest BCUT2D eigenvalue weighted by Crippen LogP contribution is -2.30. The van der Waals surface area contributed by atoms with E-state index in [2.05, 4.69) is 4.84 Å². The number of carbonyl (C=O) groups excluding carboxylic acids is 2. The average Bonchev–Trinajstić information content (AvgIpc) is 2.42. The zero-order valence-electron chi connectivity index (χ0n) is 11.3. The fourth-order valence-corrected chi connectivity index (χ4v) is 1.76. The molecule has 5 nitrogen and oxygen atoms in total. The number of carbonyl (C=O) groups is 2. The summed E-state index contributed by atoms with van der Waals surface area (Å²) < 4.78 is 0. The van der Waals surface area contributed by atoms with E-state index in [1.165, 1.54) is 13.8 Å². The Kier molecular flexibility index (Phi) is 4.32. The summed E-state index contributed by atoms with van der Waals surface area (Å²) in [4.78, 5) is 31.9. The molecule has 104 valence electrons. The molecule has 2 aromatic rings. The minimum Gasteiger partial charge on any atom is -0.312 e. The maximum atomic E-state index is 11.2. The number of hydrogen-bond acceptors (Lipinski definition) is 4. The number of amides is 1. The SMILES string of the molecule is CC(=O)ON(OCc1ccc2ccccc2c1)C(C)=O. The maximum Gasteiger partial charge on any atom is 0.332 e. The Balaban J connectivity index is 2.07. The first-order valence-electron chi connectivity index (χ1n) is 6.16. The van der Waals surface area contributed by atoms with E-state index in [4.69, 9.17) is 4.84 Å². The van der Waals surface area contributed by atoms with E-state index in [0.717, 1.165) is 16.3 Å². The quantitative estimate of drug-likeness (QED) is 0.807. The highest BCUT2D eigenvalue weighted by Gasteiger charge is 2.13. The first kappa shape index (κ1) is 14.0. The van der Waals surface area contributed by atoms with Crippen molar-refractivity contribution < 1.29 is 19.3 Å². The van der Waals surface area contributed by atoms with E-state index in [1.807, 2.05) is 42.5 Å². The van der Waals surface area contributed by atoms with Crippen LogP contribution in [0.2, 0.25) is 0 Å². The van der Waals surface area contributed by atoms with Gasteiger partial charge in [0.1, 0.15) is 6.61 Å². The van der Waals surface area contributed by atoms with Crippen molar-refractivity contribution >= 4 is 22.6 Å². The standard InChI is InChI=1S/C15H15NO4/c1-11(17)16(20-12(2)18)19-10-13-7-8-14-5-3-4-6-15(14)9-13/h3-9H,10H2,1-2H3. The molecule has 0 atom stereocenters. The van der Waals surface area contributed by atoms with Gasteiger partial charge in [0.15, 0.2) is 0 Å². The summed E-state index contributed by atoms with van der Waals surface area (Å²) in [7, 11) is 0. The van der Waals surface area contributed by atoms with Crippen LogP contribution in [0.25, 0.3) is 10.8 Å². The lowest BCUT2D eigenvalue weighted by Gasteiger charge is -2.17. The largest absolute Gasteiger partial charge is 0.332 e. The van der Waals surface area contributed by atoms with Crippen molar-refractivity contribution in [3.63, 3.8) is 0 Å². The van der Waals surface area contributed by atoms with Crippen LogP contribution >= 0.6 is 0 Å². The highest BCUT2D eigenvalue weighted by molar-refractivity contribution is 5.83. The van der Waals surface area contributed by atoms with Crippen LogP contribution in [0.3, 0.4) is 0 Å². The van der Waals surface area contributed by atoms with Gasteiger partial charge in [-0.3, -0.25) is 4.79 Å². The molecule has 1 amide bonds. The molecule has 0 aliphatic carbocycles. The Labute approximate surface area is 116 Å². The third kappa shape index (κ3) is 3.55. The van der Waals surface area contributed by atoms with Gasteiger partial charge < -0.3 is 4.84 Å². The maximum absolute atomic E-state index is 11.2. The molecule has 0 aliphatic heterocycles. The van der Waals surface area contributed by atoms with Gasteiger partial charge in [-0.1, -0.05) is 36.4 Å². The molecule has 0 spiro atoms. The van der Waals surface area contributed by atoms with E-state index >= 15 is 0 Å². The molecule has 0 N–H and O–H groups in total. The van der Waals surface area contributed by atoms with Crippen molar-refractivity contribution in [2.45, 2.75) is 20.5 Å². The molecule has 2 aromatic carbocycles. The summed E-state index contributed by atoms with van der Waals surface area (Å²) in [6.45, 7) is 2.59. The molecule has 2 rings (SSSR count). The summed E-state index contributed by atoms with van der Waals surface area (Å²) in [6, 6.07) is 13.8. The molecule has 0 aliphatic rings. The first-order valence-corrected chi connectivity index (χ1v) is 6.16. The summed E-state index contributed by atoms with van der Waals surface area (Å²) >= 11 is 0. The topological polar surface area (TPSA) is 55.8 Å². The number of hydrogen-bond donors (Lipinski definition) is 0. The second kappa shape index (κ2) is 6.16. The molecular formula is C15H15NO4. The summed E-state index contributed by atoms with van der Waals surface area (Å²) in [6.07, 6.45) is 0. The van der Waals surface area contributed by atoms with Crippen molar-refractivity contribution in [1.29, 1.82) is 0 Å². The van der Waals surface area contributed by atoms with E-state index in [9.17, 15) is 9.59 Å². The lowest BCUT2D eigenvalue weighted by molar-refractivity contribution is -0.326. The van der Waals surface area contributed by atoms with Gasteiger partial charge in [0.25, 0.3) is 5.91 Å². The second-order valence-corrected chi connectivity index (χ2v) is 4.31. The Morgan fingerprint density at radius 2 is 1.75 bits per heavy atom. The molecule has 0 bridgehead atoms. The number of nitrogens with zero attached hydrogens (tertiary/aromatic N) is 1. The summed E-state index contributed by atoms with van der Waals surface area (Å²) in [5, 5.41) is 2.80. The van der Waals surface area contributed by atoms with Crippen LogP contribution in [0.15, 0.2) is 42.5 Å². The van der Waals surface area contributed by atoms with Gasteiger partial charge in [-0.05, 0) is 27.6 Å².